The third-order valence-electron chi connectivity index (χ3n) is 5.10. The zero-order valence-electron chi connectivity index (χ0n) is 20.9. The molecule has 2 rings (SSSR count). The molecular weight excluding hydrogens is 465 g/mol. The van der Waals surface area contributed by atoms with Crippen molar-refractivity contribution in [3.05, 3.63) is 29.6 Å². The predicted molar refractivity (Wildman–Crippen MR) is 131 cm³/mol. The molecule has 0 saturated carbocycles. The topological polar surface area (TPSA) is 67.3 Å². The Balaban J connectivity index is 2.52. The molecule has 1 aromatic heterocycles. The molecule has 1 heterocycles. The Morgan fingerprint density at radius 1 is 1.15 bits per heavy atom. The van der Waals surface area contributed by atoms with Crippen LogP contribution in [0.5, 0.6) is 0 Å². The number of ether oxygens (including phenoxy) is 1. The molecule has 1 N–H and O–H groups in total. The van der Waals surface area contributed by atoms with E-state index in [1.54, 1.807) is 6.92 Å². The number of carbonyl (C=O) groups is 1. The quantitative estimate of drug-likeness (QED) is 0.349. The summed E-state index contributed by atoms with van der Waals surface area (Å²) in [4.78, 5) is 18.0. The molecule has 34 heavy (non-hydrogen) atoms. The van der Waals surface area contributed by atoms with Crippen LogP contribution in [0, 0.1) is 11.8 Å². The van der Waals surface area contributed by atoms with Crippen LogP contribution in [0.1, 0.15) is 66.3 Å². The highest BCUT2D eigenvalue weighted by Gasteiger charge is 2.36. The third kappa shape index (κ3) is 7.85. The summed E-state index contributed by atoms with van der Waals surface area (Å²) in [5.74, 6) is -0.706. The molecule has 0 fully saturated rings. The molecule has 2 aromatic rings. The molecule has 0 amide bonds. The van der Waals surface area contributed by atoms with Crippen LogP contribution in [-0.2, 0) is 21.1 Å². The maximum absolute atomic E-state index is 13.0. The Kier molecular flexibility index (Phi) is 9.33. The standard InChI is InChI=1S/C24H35F3N4O2S/c1-8-33-20(32)12-23(6,7)17-9-10-19(31(13-15(2)3)14-16(4)5)18(11-17)28-22-29-21(30-34-22)24(25,26)27/h9-11,15-16H,8,12-14H2,1-7H3,(H,28,29,30). The van der Waals surface area contributed by atoms with E-state index in [9.17, 15) is 18.0 Å². The molecular formula is C24H35F3N4O2S. The van der Waals surface area contributed by atoms with Crippen molar-refractivity contribution in [1.29, 1.82) is 0 Å². The van der Waals surface area contributed by atoms with Gasteiger partial charge in [-0.15, -0.1) is 0 Å². The van der Waals surface area contributed by atoms with E-state index in [0.717, 1.165) is 24.3 Å². The molecule has 0 spiro atoms. The van der Waals surface area contributed by atoms with Crippen molar-refractivity contribution in [2.24, 2.45) is 11.8 Å². The molecule has 0 unspecified atom stereocenters. The number of aromatic nitrogens is 2. The van der Waals surface area contributed by atoms with Gasteiger partial charge >= 0.3 is 12.1 Å². The van der Waals surface area contributed by atoms with E-state index in [2.05, 4.69) is 47.3 Å². The van der Waals surface area contributed by atoms with E-state index in [0.29, 0.717) is 35.7 Å². The Hall–Kier alpha value is -2.36. The van der Waals surface area contributed by atoms with Crippen molar-refractivity contribution in [2.75, 3.05) is 29.9 Å². The van der Waals surface area contributed by atoms with Crippen molar-refractivity contribution in [3.63, 3.8) is 0 Å². The predicted octanol–water partition coefficient (Wildman–Crippen LogP) is 6.65. The molecule has 0 atom stereocenters. The summed E-state index contributed by atoms with van der Waals surface area (Å²) in [5, 5.41) is 3.13. The number of hydrogen-bond acceptors (Lipinski definition) is 7. The second kappa shape index (κ2) is 11.4. The fraction of sp³-hybridized carbons (Fsp3) is 0.625. The maximum atomic E-state index is 13.0. The minimum atomic E-state index is -4.61. The molecule has 1 aromatic carbocycles. The van der Waals surface area contributed by atoms with E-state index in [-0.39, 0.29) is 17.5 Å². The number of nitrogens with zero attached hydrogens (tertiary/aromatic N) is 3. The lowest BCUT2D eigenvalue weighted by Gasteiger charge is -2.32. The summed E-state index contributed by atoms with van der Waals surface area (Å²) >= 11 is 0.665. The first-order chi connectivity index (χ1) is 15.7. The van der Waals surface area contributed by atoms with E-state index < -0.39 is 17.4 Å². The lowest BCUT2D eigenvalue weighted by Crippen LogP contribution is -2.32. The normalized spacial score (nSPS) is 12.4. The highest BCUT2D eigenvalue weighted by molar-refractivity contribution is 7.09. The highest BCUT2D eigenvalue weighted by Crippen LogP contribution is 2.38. The van der Waals surface area contributed by atoms with Crippen LogP contribution >= 0.6 is 11.5 Å². The molecule has 10 heteroatoms. The van der Waals surface area contributed by atoms with Gasteiger partial charge in [-0.1, -0.05) is 47.6 Å². The first-order valence-corrected chi connectivity index (χ1v) is 12.2. The minimum Gasteiger partial charge on any atom is -0.466 e. The Bertz CT molecular complexity index is 948. The first-order valence-electron chi connectivity index (χ1n) is 11.5. The lowest BCUT2D eigenvalue weighted by atomic mass is 9.81. The van der Waals surface area contributed by atoms with Crippen LogP contribution in [0.2, 0.25) is 0 Å². The number of hydrogen-bond donors (Lipinski definition) is 1. The van der Waals surface area contributed by atoms with Gasteiger partial charge in [-0.2, -0.15) is 22.5 Å². The summed E-state index contributed by atoms with van der Waals surface area (Å²) in [6, 6.07) is 5.81. The number of benzene rings is 1. The molecule has 0 aliphatic carbocycles. The number of nitrogens with one attached hydrogen (secondary N) is 1. The summed E-state index contributed by atoms with van der Waals surface area (Å²) < 4.78 is 47.7. The molecule has 0 radical (unpaired) electrons. The van der Waals surface area contributed by atoms with E-state index in [1.165, 1.54) is 0 Å². The average Bonchev–Trinajstić information content (AvgIpc) is 3.15. The van der Waals surface area contributed by atoms with Crippen molar-refractivity contribution in [2.45, 2.75) is 66.5 Å². The Morgan fingerprint density at radius 2 is 1.76 bits per heavy atom. The van der Waals surface area contributed by atoms with Gasteiger partial charge in [0.2, 0.25) is 11.0 Å². The van der Waals surface area contributed by atoms with Gasteiger partial charge in [0.25, 0.3) is 0 Å². The highest BCUT2D eigenvalue weighted by atomic mass is 32.1. The van der Waals surface area contributed by atoms with Gasteiger partial charge in [-0.05, 0) is 36.5 Å². The average molecular weight is 501 g/mol. The van der Waals surface area contributed by atoms with Crippen molar-refractivity contribution >= 4 is 34.0 Å². The molecule has 0 aliphatic rings. The Morgan fingerprint density at radius 3 is 2.26 bits per heavy atom. The number of alkyl halides is 3. The van der Waals surface area contributed by atoms with Gasteiger partial charge < -0.3 is 15.0 Å². The largest absolute Gasteiger partial charge is 0.466 e. The number of halogens is 3. The summed E-state index contributed by atoms with van der Waals surface area (Å²) in [7, 11) is 0. The number of carbonyl (C=O) groups excluding carboxylic acids is 1. The molecule has 0 saturated heterocycles. The van der Waals surface area contributed by atoms with Gasteiger partial charge in [0.15, 0.2) is 0 Å². The van der Waals surface area contributed by atoms with Crippen LogP contribution in [-0.4, -0.2) is 35.0 Å². The molecule has 6 nitrogen and oxygen atoms in total. The molecule has 0 aliphatic heterocycles. The number of rotatable bonds is 11. The van der Waals surface area contributed by atoms with Crippen LogP contribution in [0.3, 0.4) is 0 Å². The third-order valence-corrected chi connectivity index (χ3v) is 5.73. The van der Waals surface area contributed by atoms with Crippen LogP contribution < -0.4 is 10.2 Å². The van der Waals surface area contributed by atoms with Gasteiger partial charge in [-0.3, -0.25) is 4.79 Å². The fourth-order valence-corrected chi connectivity index (χ4v) is 4.27. The van der Waals surface area contributed by atoms with Gasteiger partial charge in [0.1, 0.15) is 0 Å². The molecule has 190 valence electrons. The lowest BCUT2D eigenvalue weighted by molar-refractivity contribution is -0.145. The van der Waals surface area contributed by atoms with E-state index in [4.69, 9.17) is 4.74 Å². The maximum Gasteiger partial charge on any atom is 0.452 e. The second-order valence-corrected chi connectivity index (χ2v) is 10.6. The van der Waals surface area contributed by atoms with Gasteiger partial charge in [0, 0.05) is 30.0 Å². The van der Waals surface area contributed by atoms with Crippen molar-refractivity contribution < 1.29 is 22.7 Å². The smallest absolute Gasteiger partial charge is 0.452 e. The van der Waals surface area contributed by atoms with Gasteiger partial charge in [0.05, 0.1) is 24.4 Å². The van der Waals surface area contributed by atoms with Crippen molar-refractivity contribution in [3.8, 4) is 0 Å². The SMILES string of the molecule is CCOC(=O)CC(C)(C)c1ccc(N(CC(C)C)CC(C)C)c(Nc2nc(C(F)(F)F)ns2)c1. The van der Waals surface area contributed by atoms with Crippen LogP contribution in [0.25, 0.3) is 0 Å². The zero-order chi connectivity index (χ0) is 25.7. The fourth-order valence-electron chi connectivity index (χ4n) is 3.67. The van der Waals surface area contributed by atoms with E-state index >= 15 is 0 Å². The van der Waals surface area contributed by atoms with Gasteiger partial charge in [-0.25, -0.2) is 0 Å². The van der Waals surface area contributed by atoms with Crippen LogP contribution in [0.4, 0.5) is 29.7 Å². The minimum absolute atomic E-state index is 0.0583. The number of anilines is 3. The van der Waals surface area contributed by atoms with Crippen LogP contribution in [0.15, 0.2) is 18.2 Å². The second-order valence-electron chi connectivity index (χ2n) is 9.84. The number of esters is 1. The first kappa shape index (κ1) is 27.9. The monoisotopic (exact) mass is 500 g/mol. The van der Waals surface area contributed by atoms with Crippen molar-refractivity contribution in [1.82, 2.24) is 9.36 Å². The summed E-state index contributed by atoms with van der Waals surface area (Å²) in [6.45, 7) is 16.0. The van der Waals surface area contributed by atoms with E-state index in [1.807, 2.05) is 32.0 Å². The summed E-state index contributed by atoms with van der Waals surface area (Å²) in [5.41, 5.74) is 1.81. The summed E-state index contributed by atoms with van der Waals surface area (Å²) in [6.07, 6.45) is -4.43. The zero-order valence-corrected chi connectivity index (χ0v) is 21.7. The molecule has 0 bridgehead atoms. The Labute approximate surface area is 204 Å².